The van der Waals surface area contributed by atoms with E-state index in [9.17, 15) is 8.42 Å². The van der Waals surface area contributed by atoms with Crippen LogP contribution in [0.5, 0.6) is 0 Å². The zero-order valence-corrected chi connectivity index (χ0v) is 16.4. The molecule has 0 radical (unpaired) electrons. The maximum atomic E-state index is 12.4. The first-order valence-corrected chi connectivity index (χ1v) is 10.8. The molecule has 0 saturated heterocycles. The Morgan fingerprint density at radius 2 is 2.04 bits per heavy atom. The number of nitrogens with one attached hydrogen (secondary N) is 2. The number of hydrogen-bond acceptors (Lipinski definition) is 5. The number of aliphatic imine (C=N–C) groups is 1. The molecule has 0 atom stereocenters. The van der Waals surface area contributed by atoms with Crippen LogP contribution in [0, 0.1) is 0 Å². The number of hydrogen-bond donors (Lipinski definition) is 2. The Morgan fingerprint density at radius 1 is 1.24 bits per heavy atom. The largest absolute Gasteiger partial charge is 0.343 e. The highest BCUT2D eigenvalue weighted by Gasteiger charge is 2.19. The van der Waals surface area contributed by atoms with Gasteiger partial charge in [0.25, 0.3) is 10.0 Å². The van der Waals surface area contributed by atoms with Gasteiger partial charge in [0.15, 0.2) is 0 Å². The summed E-state index contributed by atoms with van der Waals surface area (Å²) in [4.78, 5) is 6.70. The second kappa shape index (κ2) is 8.33. The van der Waals surface area contributed by atoms with Crippen LogP contribution in [0.1, 0.15) is 32.1 Å². The monoisotopic (exact) mass is 426 g/mol. The summed E-state index contributed by atoms with van der Waals surface area (Å²) >= 11 is 3.30. The Hall–Kier alpha value is -1.38. The van der Waals surface area contributed by atoms with Crippen molar-refractivity contribution in [2.75, 3.05) is 19.9 Å². The van der Waals surface area contributed by atoms with E-state index in [0.717, 1.165) is 17.4 Å². The van der Waals surface area contributed by atoms with E-state index in [1.165, 1.54) is 31.3 Å². The Balaban J connectivity index is 1.52. The molecule has 0 spiro atoms. The predicted octanol–water partition coefficient (Wildman–Crippen LogP) is 2.79. The Morgan fingerprint density at radius 3 is 2.68 bits per heavy atom. The number of rotatable bonds is 5. The molecule has 0 unspecified atom stereocenters. The maximum Gasteiger partial charge on any atom is 0.264 e. The van der Waals surface area contributed by atoms with E-state index in [2.05, 4.69) is 41.9 Å². The number of guanidine groups is 1. The fourth-order valence-electron chi connectivity index (χ4n) is 2.91. The van der Waals surface area contributed by atoms with Crippen LogP contribution in [0.4, 0.5) is 0 Å². The molecule has 6 nitrogen and oxygen atoms in total. The normalized spacial score (nSPS) is 18.9. The molecule has 0 bridgehead atoms. The van der Waals surface area contributed by atoms with E-state index >= 15 is 0 Å². The van der Waals surface area contributed by atoms with Crippen molar-refractivity contribution in [3.63, 3.8) is 0 Å². The van der Waals surface area contributed by atoms with Crippen LogP contribution < -0.4 is 10.0 Å². The van der Waals surface area contributed by atoms with Gasteiger partial charge in [-0.2, -0.15) is 0 Å². The van der Waals surface area contributed by atoms with Crippen LogP contribution in [0.25, 0.3) is 0 Å². The molecular weight excluding hydrogens is 404 g/mol. The maximum absolute atomic E-state index is 12.4. The van der Waals surface area contributed by atoms with Crippen LogP contribution in [0.3, 0.4) is 0 Å². The summed E-state index contributed by atoms with van der Waals surface area (Å²) in [6, 6.07) is 6.51. The van der Waals surface area contributed by atoms with E-state index in [1.807, 2.05) is 0 Å². The predicted molar refractivity (Wildman–Crippen MR) is 103 cm³/mol. The van der Waals surface area contributed by atoms with Crippen molar-refractivity contribution in [3.8, 4) is 0 Å². The highest BCUT2D eigenvalue weighted by atomic mass is 79.9. The zero-order valence-electron chi connectivity index (χ0n) is 14.0. The molecule has 1 aromatic carbocycles. The fraction of sp³-hybridized carbons (Fsp3) is 0.471. The molecule has 0 saturated carbocycles. The van der Waals surface area contributed by atoms with Gasteiger partial charge in [-0.25, -0.2) is 18.1 Å². The Kier molecular flexibility index (Phi) is 6.14. The van der Waals surface area contributed by atoms with Crippen molar-refractivity contribution in [1.29, 1.82) is 0 Å². The van der Waals surface area contributed by atoms with Crippen molar-refractivity contribution >= 4 is 31.9 Å². The molecule has 3 rings (SSSR count). The van der Waals surface area contributed by atoms with E-state index in [-0.39, 0.29) is 4.90 Å². The molecular formula is C17H23BrN4O2S. The van der Waals surface area contributed by atoms with E-state index in [0.29, 0.717) is 19.3 Å². The van der Waals surface area contributed by atoms with Crippen LogP contribution >= 0.6 is 15.9 Å². The quantitative estimate of drug-likeness (QED) is 0.709. The highest BCUT2D eigenvalue weighted by Crippen LogP contribution is 2.20. The molecule has 1 aliphatic carbocycles. The summed E-state index contributed by atoms with van der Waals surface area (Å²) in [6.45, 7) is 2.03. The number of benzene rings is 1. The summed E-state index contributed by atoms with van der Waals surface area (Å²) in [7, 11) is -3.62. The van der Waals surface area contributed by atoms with Crippen molar-refractivity contribution in [3.05, 3.63) is 40.4 Å². The average molecular weight is 427 g/mol. The fourth-order valence-corrected chi connectivity index (χ4v) is 4.18. The van der Waals surface area contributed by atoms with Crippen LogP contribution in [-0.2, 0) is 10.0 Å². The minimum atomic E-state index is -3.62. The molecule has 2 N–H and O–H groups in total. The lowest BCUT2D eigenvalue weighted by molar-refractivity contribution is 0.265. The number of halogens is 1. The highest BCUT2D eigenvalue weighted by molar-refractivity contribution is 9.10. The molecule has 0 aromatic heterocycles. The van der Waals surface area contributed by atoms with Gasteiger partial charge in [0, 0.05) is 11.0 Å². The third-order valence-electron chi connectivity index (χ3n) is 4.39. The van der Waals surface area contributed by atoms with E-state index < -0.39 is 10.0 Å². The number of allylic oxidation sites excluding steroid dienone is 1. The van der Waals surface area contributed by atoms with Gasteiger partial charge in [-0.3, -0.25) is 4.90 Å². The van der Waals surface area contributed by atoms with Crippen LogP contribution in [0.2, 0.25) is 0 Å². The lowest BCUT2D eigenvalue weighted by atomic mass is 9.97. The summed E-state index contributed by atoms with van der Waals surface area (Å²) in [6.07, 6.45) is 8.45. The van der Waals surface area contributed by atoms with Crippen molar-refractivity contribution in [1.82, 2.24) is 14.9 Å². The van der Waals surface area contributed by atoms with E-state index in [1.54, 1.807) is 24.3 Å². The van der Waals surface area contributed by atoms with Gasteiger partial charge in [0.05, 0.1) is 18.2 Å². The minimum absolute atomic E-state index is 0.215. The summed E-state index contributed by atoms with van der Waals surface area (Å²) in [5.41, 5.74) is 1.54. The molecule has 0 amide bonds. The first-order chi connectivity index (χ1) is 12.0. The first kappa shape index (κ1) is 18.4. The van der Waals surface area contributed by atoms with Crippen LogP contribution in [0.15, 0.2) is 50.3 Å². The van der Waals surface area contributed by atoms with Gasteiger partial charge in [-0.1, -0.05) is 27.6 Å². The summed E-state index contributed by atoms with van der Waals surface area (Å²) in [5.74, 6) is 0.302. The first-order valence-electron chi connectivity index (χ1n) is 8.50. The van der Waals surface area contributed by atoms with Gasteiger partial charge >= 0.3 is 0 Å². The average Bonchev–Trinajstić information content (AvgIpc) is 2.62. The van der Waals surface area contributed by atoms with Crippen molar-refractivity contribution < 1.29 is 8.42 Å². The molecule has 1 aromatic rings. The standard InChI is InChI=1S/C17H23BrN4O2S/c18-15-6-8-16(9-7-15)25(23,24)21-17-19-12-22(13-20-17)11-10-14-4-2-1-3-5-14/h4,6-9H,1-3,5,10-13H2,(H2,19,20,21). The Bertz CT molecular complexity index is 759. The van der Waals surface area contributed by atoms with Gasteiger partial charge in [0.2, 0.25) is 5.96 Å². The summed E-state index contributed by atoms with van der Waals surface area (Å²) < 4.78 is 28.1. The number of nitrogens with zero attached hydrogens (tertiary/aromatic N) is 2. The third kappa shape index (κ3) is 5.29. The van der Waals surface area contributed by atoms with Gasteiger partial charge in [-0.15, -0.1) is 0 Å². The molecule has 25 heavy (non-hydrogen) atoms. The molecule has 136 valence electrons. The second-order valence-corrected chi connectivity index (χ2v) is 8.89. The molecule has 8 heteroatoms. The van der Waals surface area contributed by atoms with Gasteiger partial charge in [0.1, 0.15) is 0 Å². The topological polar surface area (TPSA) is 73.8 Å². The zero-order chi connectivity index (χ0) is 17.7. The number of sulfonamides is 1. The van der Waals surface area contributed by atoms with Crippen LogP contribution in [-0.4, -0.2) is 39.2 Å². The lowest BCUT2D eigenvalue weighted by Gasteiger charge is -2.27. The van der Waals surface area contributed by atoms with Gasteiger partial charge < -0.3 is 5.32 Å². The van der Waals surface area contributed by atoms with Crippen molar-refractivity contribution in [2.45, 2.75) is 37.0 Å². The molecule has 1 aliphatic heterocycles. The Labute approximate surface area is 157 Å². The van der Waals surface area contributed by atoms with Gasteiger partial charge in [-0.05, 0) is 56.4 Å². The summed E-state index contributed by atoms with van der Waals surface area (Å²) in [5, 5.41) is 3.05. The smallest absolute Gasteiger partial charge is 0.264 e. The third-order valence-corrected chi connectivity index (χ3v) is 6.27. The molecule has 2 aliphatic rings. The van der Waals surface area contributed by atoms with Crippen molar-refractivity contribution in [2.24, 2.45) is 4.99 Å². The SMILES string of the molecule is O=S(=O)(NC1=NCN(CCC2=CCCCC2)CN1)c1ccc(Br)cc1. The minimum Gasteiger partial charge on any atom is -0.343 e. The lowest BCUT2D eigenvalue weighted by Crippen LogP contribution is -2.50. The second-order valence-electron chi connectivity index (χ2n) is 6.30. The molecule has 0 fully saturated rings. The molecule has 1 heterocycles. The van der Waals surface area contributed by atoms with E-state index in [4.69, 9.17) is 0 Å².